The minimum atomic E-state index is -5.98. The van der Waals surface area contributed by atoms with E-state index >= 15 is 0 Å². The van der Waals surface area contributed by atoms with Crippen molar-refractivity contribution in [3.8, 4) is 0 Å². The van der Waals surface area contributed by atoms with Gasteiger partial charge in [0.25, 0.3) is 11.2 Å². The van der Waals surface area contributed by atoms with E-state index in [4.69, 9.17) is 9.47 Å². The number of alkyl halides is 18. The van der Waals surface area contributed by atoms with Gasteiger partial charge in [-0.15, -0.1) is 0 Å². The molecule has 0 aromatic carbocycles. The molecule has 10 unspecified atom stereocenters. The summed E-state index contributed by atoms with van der Waals surface area (Å²) in [7, 11) is 0. The first kappa shape index (κ1) is 50.0. The molecule has 0 aliphatic heterocycles. The fraction of sp³-hybridized carbons (Fsp3) is 0.941. The third-order valence-electron chi connectivity index (χ3n) is 12.9. The Labute approximate surface area is 319 Å². The van der Waals surface area contributed by atoms with E-state index in [1.165, 1.54) is 0 Å². The summed E-state index contributed by atoms with van der Waals surface area (Å²) < 4.78 is 245. The van der Waals surface area contributed by atoms with Crippen LogP contribution in [-0.2, 0) is 19.1 Å². The van der Waals surface area contributed by atoms with Crippen LogP contribution >= 0.6 is 0 Å². The number of ether oxygens (including phenoxy) is 2. The lowest BCUT2D eigenvalue weighted by atomic mass is 9.78. The lowest BCUT2D eigenvalue weighted by Crippen LogP contribution is -2.58. The Morgan fingerprint density at radius 1 is 0.466 bits per heavy atom. The van der Waals surface area contributed by atoms with E-state index in [-0.39, 0.29) is 50.4 Å². The van der Waals surface area contributed by atoms with Crippen molar-refractivity contribution in [1.82, 2.24) is 0 Å². The second kappa shape index (κ2) is 15.8. The van der Waals surface area contributed by atoms with Crippen LogP contribution in [0.2, 0.25) is 0 Å². The fourth-order valence-electron chi connectivity index (χ4n) is 8.60. The minimum absolute atomic E-state index is 0.0580. The first-order valence-corrected chi connectivity index (χ1v) is 18.0. The molecule has 6 nitrogen and oxygen atoms in total. The molecule has 10 atom stereocenters. The van der Waals surface area contributed by atoms with E-state index in [0.29, 0.717) is 13.8 Å². The maximum Gasteiger partial charge on any atom is 0.426 e. The Bertz CT molecular complexity index is 1330. The molecule has 24 heteroatoms. The molecule has 340 valence electrons. The average Bonchev–Trinajstić information content (AvgIpc) is 3.82. The van der Waals surface area contributed by atoms with Gasteiger partial charge in [0, 0.05) is 0 Å². The number of rotatable bonds is 10. The SMILES string of the molecule is CCC(C)(C(=O)OC1CC2CC(CC(O)(C(F)(F)F)C(F)(F)F)C1C2)C(F)(F)F.CCC(C)(C(=O)OC1CC2CC(CC(O)(C(F)(F)F)C(F)(F)F)C1C2)C(F)(F)F. The monoisotopic (exact) mass is 888 g/mol. The summed E-state index contributed by atoms with van der Waals surface area (Å²) >= 11 is 0. The first-order chi connectivity index (χ1) is 25.7. The van der Waals surface area contributed by atoms with Crippen molar-refractivity contribution in [3.63, 3.8) is 0 Å². The molecule has 0 aromatic heterocycles. The first-order valence-electron chi connectivity index (χ1n) is 18.0. The number of carbonyl (C=O) groups excluding carboxylic acids is 2. The molecule has 0 spiro atoms. The summed E-state index contributed by atoms with van der Waals surface area (Å²) in [5.74, 6) is -8.52. The third kappa shape index (κ3) is 9.11. The van der Waals surface area contributed by atoms with Gasteiger partial charge in [-0.2, -0.15) is 79.0 Å². The van der Waals surface area contributed by atoms with E-state index in [1.54, 1.807) is 0 Å². The largest absolute Gasteiger partial charge is 0.461 e. The molecule has 0 aromatic rings. The quantitative estimate of drug-likeness (QED) is 0.168. The van der Waals surface area contributed by atoms with Crippen LogP contribution in [0.1, 0.15) is 91.9 Å². The van der Waals surface area contributed by atoms with E-state index in [1.807, 2.05) is 0 Å². The molecular weight excluding hydrogens is 846 g/mol. The van der Waals surface area contributed by atoms with Gasteiger partial charge in [0.1, 0.15) is 12.2 Å². The fourth-order valence-corrected chi connectivity index (χ4v) is 8.60. The highest BCUT2D eigenvalue weighted by Crippen LogP contribution is 2.58. The molecule has 4 fully saturated rings. The van der Waals surface area contributed by atoms with Crippen molar-refractivity contribution in [2.75, 3.05) is 0 Å². The highest BCUT2D eigenvalue weighted by molar-refractivity contribution is 5.78. The van der Waals surface area contributed by atoms with Gasteiger partial charge in [-0.25, -0.2) is 0 Å². The highest BCUT2D eigenvalue weighted by atomic mass is 19.4. The van der Waals surface area contributed by atoms with Crippen LogP contribution in [0.15, 0.2) is 0 Å². The summed E-state index contributed by atoms with van der Waals surface area (Å²) in [6.07, 6.45) is -40.5. The smallest absolute Gasteiger partial charge is 0.426 e. The molecule has 2 N–H and O–H groups in total. The summed E-state index contributed by atoms with van der Waals surface area (Å²) in [6.45, 7) is 3.49. The zero-order valence-electron chi connectivity index (χ0n) is 31.0. The maximum atomic E-state index is 13.2. The summed E-state index contributed by atoms with van der Waals surface area (Å²) in [4.78, 5) is 24.3. The van der Waals surface area contributed by atoms with Gasteiger partial charge in [0.05, 0.1) is 0 Å². The maximum absolute atomic E-state index is 13.2. The number of halogens is 18. The Balaban J connectivity index is 0.000000310. The van der Waals surface area contributed by atoms with Gasteiger partial charge in [0.15, 0.2) is 10.8 Å². The molecule has 4 bridgehead atoms. The molecule has 4 aliphatic rings. The van der Waals surface area contributed by atoms with Crippen molar-refractivity contribution >= 4 is 11.9 Å². The number of hydrogen-bond acceptors (Lipinski definition) is 6. The van der Waals surface area contributed by atoms with Crippen LogP contribution in [0.25, 0.3) is 0 Å². The molecule has 58 heavy (non-hydrogen) atoms. The summed E-state index contributed by atoms with van der Waals surface area (Å²) in [5, 5.41) is 18.8. The van der Waals surface area contributed by atoms with E-state index in [9.17, 15) is 98.8 Å². The molecule has 0 heterocycles. The molecule has 0 amide bonds. The van der Waals surface area contributed by atoms with E-state index < -0.39 is 133 Å². The highest BCUT2D eigenvalue weighted by Gasteiger charge is 2.73. The van der Waals surface area contributed by atoms with Crippen molar-refractivity contribution in [1.29, 1.82) is 0 Å². The van der Waals surface area contributed by atoms with Gasteiger partial charge >= 0.3 is 49.0 Å². The minimum Gasteiger partial charge on any atom is -0.461 e. The lowest BCUT2D eigenvalue weighted by molar-refractivity contribution is -0.374. The Kier molecular flexibility index (Phi) is 13.6. The van der Waals surface area contributed by atoms with Crippen LogP contribution in [0.4, 0.5) is 79.0 Å². The normalized spacial score (nSPS) is 30.3. The molecule has 0 radical (unpaired) electrons. The molecule has 4 saturated carbocycles. The standard InChI is InChI=1S/2C17H21F9O3/c2*1-3-13(2,15(18,19)20)12(27)29-11-6-8-4-9(10(11)5-8)7-14(28,16(21,22)23)17(24,25)26/h2*8-11,28H,3-7H2,1-2H3. The van der Waals surface area contributed by atoms with Crippen LogP contribution in [0, 0.1) is 46.3 Å². The van der Waals surface area contributed by atoms with E-state index in [2.05, 4.69) is 0 Å². The van der Waals surface area contributed by atoms with Gasteiger partial charge in [-0.05, 0) is 114 Å². The van der Waals surface area contributed by atoms with Gasteiger partial charge in [0.2, 0.25) is 0 Å². The summed E-state index contributed by atoms with van der Waals surface area (Å²) in [6, 6.07) is 0. The van der Waals surface area contributed by atoms with Gasteiger partial charge in [-0.1, -0.05) is 13.8 Å². The van der Waals surface area contributed by atoms with Crippen molar-refractivity contribution in [2.24, 2.45) is 46.3 Å². The topological polar surface area (TPSA) is 93.1 Å². The van der Waals surface area contributed by atoms with Crippen LogP contribution in [0.3, 0.4) is 0 Å². The second-order valence-corrected chi connectivity index (χ2v) is 16.4. The Morgan fingerprint density at radius 2 is 0.724 bits per heavy atom. The molecule has 4 aliphatic carbocycles. The van der Waals surface area contributed by atoms with E-state index in [0.717, 1.165) is 13.8 Å². The molecule has 0 saturated heterocycles. The van der Waals surface area contributed by atoms with Crippen molar-refractivity contribution < 1.29 is 108 Å². The number of hydrogen-bond donors (Lipinski definition) is 2. The number of carbonyl (C=O) groups is 2. The predicted octanol–water partition coefficient (Wildman–Crippen LogP) is 10.3. The Morgan fingerprint density at radius 3 is 0.914 bits per heavy atom. The van der Waals surface area contributed by atoms with Gasteiger partial charge < -0.3 is 19.7 Å². The van der Waals surface area contributed by atoms with Crippen LogP contribution in [-0.4, -0.2) is 82.6 Å². The van der Waals surface area contributed by atoms with Gasteiger partial charge in [-0.3, -0.25) is 9.59 Å². The zero-order valence-corrected chi connectivity index (χ0v) is 31.0. The zero-order chi connectivity index (χ0) is 45.3. The van der Waals surface area contributed by atoms with Crippen molar-refractivity contribution in [3.05, 3.63) is 0 Å². The van der Waals surface area contributed by atoms with Crippen LogP contribution < -0.4 is 0 Å². The summed E-state index contributed by atoms with van der Waals surface area (Å²) in [5.41, 5.74) is -15.5. The average molecular weight is 889 g/mol. The lowest BCUT2D eigenvalue weighted by Gasteiger charge is -2.38. The third-order valence-corrected chi connectivity index (χ3v) is 12.9. The Hall–Kier alpha value is -2.40. The van der Waals surface area contributed by atoms with Crippen LogP contribution in [0.5, 0.6) is 0 Å². The number of aliphatic hydroxyl groups is 2. The predicted molar refractivity (Wildman–Crippen MR) is 161 cm³/mol. The number of fused-ring (bicyclic) bond motifs is 4. The number of esters is 2. The molecule has 4 rings (SSSR count). The molecular formula is C34H42F18O6. The second-order valence-electron chi connectivity index (χ2n) is 16.4. The van der Waals surface area contributed by atoms with Crippen molar-refractivity contribution in [2.45, 2.75) is 152 Å².